The summed E-state index contributed by atoms with van der Waals surface area (Å²) in [4.78, 5) is 38.3. The van der Waals surface area contributed by atoms with E-state index in [1.807, 2.05) is 30.3 Å². The molecule has 1 amide bonds. The fourth-order valence-electron chi connectivity index (χ4n) is 2.33. The standard InChI is InChI=1S/C21H18N2O5/c24-19(18-7-4-12-22-18)14-27-20(25)13-23-21(26)15-8-10-17(11-9-15)28-16-5-2-1-3-6-16/h1-12,22H,13-14H2,(H,23,26). The van der Waals surface area contributed by atoms with Crippen LogP contribution in [0.1, 0.15) is 20.8 Å². The summed E-state index contributed by atoms with van der Waals surface area (Å²) in [5.41, 5.74) is 0.727. The molecular weight excluding hydrogens is 360 g/mol. The number of ether oxygens (including phenoxy) is 2. The van der Waals surface area contributed by atoms with Gasteiger partial charge in [0.25, 0.3) is 5.91 Å². The fourth-order valence-corrected chi connectivity index (χ4v) is 2.33. The van der Waals surface area contributed by atoms with Gasteiger partial charge in [-0.15, -0.1) is 0 Å². The number of aromatic nitrogens is 1. The van der Waals surface area contributed by atoms with Gasteiger partial charge in [0.1, 0.15) is 18.0 Å². The van der Waals surface area contributed by atoms with E-state index in [0.717, 1.165) is 0 Å². The van der Waals surface area contributed by atoms with Crippen molar-refractivity contribution < 1.29 is 23.9 Å². The summed E-state index contributed by atoms with van der Waals surface area (Å²) in [6.07, 6.45) is 1.60. The number of Topliss-reactive ketones (excluding diaryl/α,β-unsaturated/α-hetero) is 1. The van der Waals surface area contributed by atoms with Gasteiger partial charge in [0.05, 0.1) is 5.69 Å². The summed E-state index contributed by atoms with van der Waals surface area (Å²) < 4.78 is 10.5. The molecule has 7 nitrogen and oxygen atoms in total. The Balaban J connectivity index is 1.44. The monoisotopic (exact) mass is 378 g/mol. The molecule has 0 fully saturated rings. The lowest BCUT2D eigenvalue weighted by Crippen LogP contribution is -2.31. The summed E-state index contributed by atoms with van der Waals surface area (Å²) in [6.45, 7) is -0.722. The van der Waals surface area contributed by atoms with Crippen LogP contribution < -0.4 is 10.1 Å². The third-order valence-corrected chi connectivity index (χ3v) is 3.75. The zero-order valence-corrected chi connectivity index (χ0v) is 14.9. The molecule has 0 aliphatic carbocycles. The van der Waals surface area contributed by atoms with Gasteiger partial charge >= 0.3 is 5.97 Å². The number of amides is 1. The first-order chi connectivity index (χ1) is 13.6. The molecule has 2 N–H and O–H groups in total. The van der Waals surface area contributed by atoms with Crippen LogP contribution in [-0.2, 0) is 9.53 Å². The summed E-state index contributed by atoms with van der Waals surface area (Å²) in [7, 11) is 0. The molecule has 0 bridgehead atoms. The van der Waals surface area contributed by atoms with Gasteiger partial charge in [0, 0.05) is 11.8 Å². The van der Waals surface area contributed by atoms with E-state index in [4.69, 9.17) is 9.47 Å². The minimum absolute atomic E-state index is 0.334. The second-order valence-electron chi connectivity index (χ2n) is 5.79. The maximum atomic E-state index is 12.1. The molecule has 0 aliphatic rings. The molecule has 1 aromatic heterocycles. The smallest absolute Gasteiger partial charge is 0.325 e. The lowest BCUT2D eigenvalue weighted by Gasteiger charge is -2.08. The van der Waals surface area contributed by atoms with Crippen LogP contribution in [0.3, 0.4) is 0 Å². The van der Waals surface area contributed by atoms with Crippen molar-refractivity contribution in [3.05, 3.63) is 84.2 Å². The molecule has 1 heterocycles. The van der Waals surface area contributed by atoms with Crippen molar-refractivity contribution in [3.63, 3.8) is 0 Å². The topological polar surface area (TPSA) is 97.5 Å². The zero-order chi connectivity index (χ0) is 19.8. The Kier molecular flexibility index (Phi) is 6.20. The number of H-pyrrole nitrogens is 1. The molecule has 0 aliphatic heterocycles. The van der Waals surface area contributed by atoms with Gasteiger partial charge in [-0.2, -0.15) is 0 Å². The van der Waals surface area contributed by atoms with Crippen molar-refractivity contribution in [2.45, 2.75) is 0 Å². The lowest BCUT2D eigenvalue weighted by molar-refractivity contribution is -0.141. The van der Waals surface area contributed by atoms with Crippen molar-refractivity contribution in [2.75, 3.05) is 13.2 Å². The number of hydrogen-bond acceptors (Lipinski definition) is 5. The van der Waals surface area contributed by atoms with E-state index < -0.39 is 11.9 Å². The highest BCUT2D eigenvalue weighted by Crippen LogP contribution is 2.21. The molecule has 0 unspecified atom stereocenters. The molecule has 3 rings (SSSR count). The minimum Gasteiger partial charge on any atom is -0.457 e. The molecule has 7 heteroatoms. The number of rotatable bonds is 8. The number of carbonyl (C=O) groups excluding carboxylic acids is 3. The minimum atomic E-state index is -0.697. The SMILES string of the molecule is O=C(CNC(=O)c1ccc(Oc2ccccc2)cc1)OCC(=O)c1ccc[nH]1. The van der Waals surface area contributed by atoms with E-state index in [2.05, 4.69) is 10.3 Å². The first-order valence-electron chi connectivity index (χ1n) is 8.55. The van der Waals surface area contributed by atoms with Gasteiger partial charge in [0.15, 0.2) is 6.61 Å². The number of para-hydroxylation sites is 1. The van der Waals surface area contributed by atoms with Crippen LogP contribution in [0.15, 0.2) is 72.9 Å². The van der Waals surface area contributed by atoms with E-state index in [0.29, 0.717) is 22.8 Å². The molecule has 142 valence electrons. The molecule has 0 saturated carbocycles. The normalized spacial score (nSPS) is 10.1. The van der Waals surface area contributed by atoms with Crippen LogP contribution in [0.2, 0.25) is 0 Å². The van der Waals surface area contributed by atoms with E-state index in [1.54, 1.807) is 42.6 Å². The van der Waals surface area contributed by atoms with Gasteiger partial charge < -0.3 is 19.8 Å². The number of esters is 1. The predicted molar refractivity (Wildman–Crippen MR) is 101 cm³/mol. The van der Waals surface area contributed by atoms with Gasteiger partial charge in [-0.1, -0.05) is 18.2 Å². The van der Waals surface area contributed by atoms with Gasteiger partial charge in [-0.05, 0) is 48.5 Å². The lowest BCUT2D eigenvalue weighted by atomic mass is 10.2. The van der Waals surface area contributed by atoms with E-state index in [9.17, 15) is 14.4 Å². The number of carbonyl (C=O) groups is 3. The van der Waals surface area contributed by atoms with Crippen molar-refractivity contribution >= 4 is 17.7 Å². The average Bonchev–Trinajstić information content (AvgIpc) is 3.26. The third-order valence-electron chi connectivity index (χ3n) is 3.75. The maximum Gasteiger partial charge on any atom is 0.325 e. The van der Waals surface area contributed by atoms with Crippen molar-refractivity contribution in [1.82, 2.24) is 10.3 Å². The predicted octanol–water partition coefficient (Wildman–Crippen LogP) is 2.96. The van der Waals surface area contributed by atoms with Gasteiger partial charge in [-0.25, -0.2) is 0 Å². The van der Waals surface area contributed by atoms with Crippen LogP contribution in [0.5, 0.6) is 11.5 Å². The number of ketones is 1. The zero-order valence-electron chi connectivity index (χ0n) is 14.9. The Bertz CT molecular complexity index is 935. The van der Waals surface area contributed by atoms with Crippen LogP contribution in [-0.4, -0.2) is 35.8 Å². The summed E-state index contributed by atoms with van der Waals surface area (Å²) in [5.74, 6) is -0.198. The Labute approximate surface area is 161 Å². The largest absolute Gasteiger partial charge is 0.457 e. The Morgan fingerprint density at radius 1 is 0.857 bits per heavy atom. The third kappa shape index (κ3) is 5.31. The quantitative estimate of drug-likeness (QED) is 0.464. The number of benzene rings is 2. The average molecular weight is 378 g/mol. The first kappa shape index (κ1) is 18.9. The van der Waals surface area contributed by atoms with Crippen LogP contribution in [0, 0.1) is 0 Å². The second-order valence-corrected chi connectivity index (χ2v) is 5.79. The highest BCUT2D eigenvalue weighted by atomic mass is 16.5. The Hall–Kier alpha value is -3.87. The van der Waals surface area contributed by atoms with E-state index >= 15 is 0 Å². The number of hydrogen-bond donors (Lipinski definition) is 2. The molecule has 0 spiro atoms. The Morgan fingerprint density at radius 2 is 1.57 bits per heavy atom. The molecule has 2 aromatic carbocycles. The van der Waals surface area contributed by atoms with Crippen LogP contribution >= 0.6 is 0 Å². The summed E-state index contributed by atoms with van der Waals surface area (Å²) >= 11 is 0. The molecule has 0 radical (unpaired) electrons. The number of aromatic amines is 1. The molecule has 3 aromatic rings. The molecule has 0 atom stereocenters. The van der Waals surface area contributed by atoms with Crippen molar-refractivity contribution in [3.8, 4) is 11.5 Å². The van der Waals surface area contributed by atoms with Crippen LogP contribution in [0.25, 0.3) is 0 Å². The van der Waals surface area contributed by atoms with E-state index in [-0.39, 0.29) is 18.9 Å². The van der Waals surface area contributed by atoms with Crippen molar-refractivity contribution in [2.24, 2.45) is 0 Å². The molecular formula is C21H18N2O5. The summed E-state index contributed by atoms with van der Waals surface area (Å²) in [5, 5.41) is 2.45. The Morgan fingerprint density at radius 3 is 2.25 bits per heavy atom. The summed E-state index contributed by atoms with van der Waals surface area (Å²) in [6, 6.07) is 19.0. The van der Waals surface area contributed by atoms with Crippen LogP contribution in [0.4, 0.5) is 0 Å². The van der Waals surface area contributed by atoms with E-state index in [1.165, 1.54) is 0 Å². The number of nitrogens with one attached hydrogen (secondary N) is 2. The fraction of sp³-hybridized carbons (Fsp3) is 0.0952. The van der Waals surface area contributed by atoms with Gasteiger partial charge in [-0.3, -0.25) is 14.4 Å². The van der Waals surface area contributed by atoms with Crippen molar-refractivity contribution in [1.29, 1.82) is 0 Å². The maximum absolute atomic E-state index is 12.1. The first-order valence-corrected chi connectivity index (χ1v) is 8.55. The highest BCUT2D eigenvalue weighted by molar-refractivity contribution is 5.97. The second kappa shape index (κ2) is 9.18. The molecule has 0 saturated heterocycles. The van der Waals surface area contributed by atoms with Gasteiger partial charge in [0.2, 0.25) is 5.78 Å². The highest BCUT2D eigenvalue weighted by Gasteiger charge is 2.12. The molecule has 28 heavy (non-hydrogen) atoms.